The number of anilines is 1. The number of nitrogens with zero attached hydrogens (tertiary/aromatic N) is 3. The van der Waals surface area contributed by atoms with Crippen LogP contribution in [0.5, 0.6) is 0 Å². The topological polar surface area (TPSA) is 91.8 Å². The normalized spacial score (nSPS) is 11.2. The van der Waals surface area contributed by atoms with Gasteiger partial charge in [-0.05, 0) is 23.6 Å². The van der Waals surface area contributed by atoms with Crippen molar-refractivity contribution >= 4 is 39.1 Å². The average Bonchev–Trinajstić information content (AvgIpc) is 3.24. The number of nitriles is 1. The number of aromatic nitrogens is 1. The molecule has 0 bridgehead atoms. The maximum absolute atomic E-state index is 10.8. The van der Waals surface area contributed by atoms with Gasteiger partial charge in [0.05, 0.1) is 10.6 Å². The van der Waals surface area contributed by atoms with Crippen LogP contribution in [0, 0.1) is 21.4 Å². The highest BCUT2D eigenvalue weighted by Crippen LogP contribution is 2.28. The first-order valence-electron chi connectivity index (χ1n) is 8.71. The summed E-state index contributed by atoms with van der Waals surface area (Å²) in [7, 11) is 0. The fourth-order valence-electron chi connectivity index (χ4n) is 2.93. The van der Waals surface area contributed by atoms with Gasteiger partial charge in [-0.2, -0.15) is 5.26 Å². The summed E-state index contributed by atoms with van der Waals surface area (Å²) in [4.78, 5) is 14.9. The van der Waals surface area contributed by atoms with Crippen molar-refractivity contribution in [2.45, 2.75) is 0 Å². The maximum Gasteiger partial charge on any atom is 0.269 e. The lowest BCUT2D eigenvalue weighted by Gasteiger charge is -2.06. The molecule has 0 spiro atoms. The summed E-state index contributed by atoms with van der Waals surface area (Å²) in [6, 6.07) is 22.3. The molecular formula is C22H14N4O2S. The van der Waals surface area contributed by atoms with Gasteiger partial charge in [0.15, 0.2) is 0 Å². The minimum atomic E-state index is -0.439. The number of nitro groups is 1. The minimum absolute atomic E-state index is 0.0288. The molecule has 6 nitrogen and oxygen atoms in total. The van der Waals surface area contributed by atoms with E-state index in [1.54, 1.807) is 18.3 Å². The zero-order valence-electron chi connectivity index (χ0n) is 15.1. The number of non-ortho nitro benzene ring substituents is 1. The van der Waals surface area contributed by atoms with Gasteiger partial charge in [-0.25, -0.2) is 4.98 Å². The van der Waals surface area contributed by atoms with Crippen LogP contribution in [-0.2, 0) is 0 Å². The molecule has 3 aromatic carbocycles. The van der Waals surface area contributed by atoms with Gasteiger partial charge in [0.25, 0.3) is 5.69 Å². The molecule has 0 aliphatic heterocycles. The first-order valence-corrected chi connectivity index (χ1v) is 9.59. The van der Waals surface area contributed by atoms with E-state index >= 15 is 0 Å². The molecule has 4 rings (SSSR count). The SMILES string of the molecule is N#CC(=CNc1cccc2ccccc12)c1nc(-c2ccc([N+](=O)[O-])cc2)cs1. The Morgan fingerprint density at radius 1 is 1.10 bits per heavy atom. The number of thiazole rings is 1. The molecule has 0 unspecified atom stereocenters. The van der Waals surface area contributed by atoms with E-state index in [2.05, 4.69) is 16.4 Å². The monoisotopic (exact) mass is 398 g/mol. The Labute approximate surface area is 170 Å². The van der Waals surface area contributed by atoms with Gasteiger partial charge in [-0.15, -0.1) is 11.3 Å². The van der Waals surface area contributed by atoms with Crippen LogP contribution in [0.25, 0.3) is 27.6 Å². The fourth-order valence-corrected chi connectivity index (χ4v) is 3.72. The predicted octanol–water partition coefficient (Wildman–Crippen LogP) is 5.85. The lowest BCUT2D eigenvalue weighted by Crippen LogP contribution is -1.92. The molecule has 4 aromatic rings. The molecule has 0 saturated heterocycles. The first kappa shape index (κ1) is 18.3. The molecule has 0 atom stereocenters. The predicted molar refractivity (Wildman–Crippen MR) is 115 cm³/mol. The Morgan fingerprint density at radius 2 is 1.86 bits per heavy atom. The number of rotatable bonds is 5. The third kappa shape index (κ3) is 3.83. The number of allylic oxidation sites excluding steroid dienone is 1. The lowest BCUT2D eigenvalue weighted by molar-refractivity contribution is -0.384. The molecule has 0 fully saturated rings. The summed E-state index contributed by atoms with van der Waals surface area (Å²) in [5.74, 6) is 0. The van der Waals surface area contributed by atoms with E-state index in [0.717, 1.165) is 22.0 Å². The zero-order chi connectivity index (χ0) is 20.2. The van der Waals surface area contributed by atoms with Gasteiger partial charge in [-0.3, -0.25) is 10.1 Å². The highest BCUT2D eigenvalue weighted by atomic mass is 32.1. The highest BCUT2D eigenvalue weighted by molar-refractivity contribution is 7.11. The van der Waals surface area contributed by atoms with Crippen LogP contribution < -0.4 is 5.32 Å². The number of benzene rings is 3. The van der Waals surface area contributed by atoms with Crippen molar-refractivity contribution in [1.82, 2.24) is 4.98 Å². The number of hydrogen-bond donors (Lipinski definition) is 1. The van der Waals surface area contributed by atoms with Gasteiger partial charge in [-0.1, -0.05) is 36.4 Å². The second-order valence-corrected chi connectivity index (χ2v) is 7.04. The van der Waals surface area contributed by atoms with Crippen molar-refractivity contribution < 1.29 is 4.92 Å². The smallest absolute Gasteiger partial charge is 0.269 e. The van der Waals surface area contributed by atoms with Crippen LogP contribution in [0.15, 0.2) is 78.3 Å². The third-order valence-corrected chi connectivity index (χ3v) is 5.27. The molecule has 7 heteroatoms. The summed E-state index contributed by atoms with van der Waals surface area (Å²) >= 11 is 1.35. The van der Waals surface area contributed by atoms with Crippen LogP contribution >= 0.6 is 11.3 Å². The quantitative estimate of drug-likeness (QED) is 0.259. The molecule has 0 aliphatic rings. The van der Waals surface area contributed by atoms with Crippen molar-refractivity contribution in [3.8, 4) is 17.3 Å². The Morgan fingerprint density at radius 3 is 2.62 bits per heavy atom. The largest absolute Gasteiger partial charge is 0.360 e. The van der Waals surface area contributed by atoms with Crippen LogP contribution in [0.1, 0.15) is 5.01 Å². The fraction of sp³-hybridized carbons (Fsp3) is 0. The van der Waals surface area contributed by atoms with Crippen LogP contribution in [-0.4, -0.2) is 9.91 Å². The summed E-state index contributed by atoms with van der Waals surface area (Å²) in [5.41, 5.74) is 2.78. The second-order valence-electron chi connectivity index (χ2n) is 6.18. The molecule has 0 aliphatic carbocycles. The van der Waals surface area contributed by atoms with E-state index in [1.165, 1.54) is 23.5 Å². The van der Waals surface area contributed by atoms with E-state index in [4.69, 9.17) is 0 Å². The average molecular weight is 398 g/mol. The Kier molecular flexibility index (Phi) is 5.01. The molecule has 140 valence electrons. The molecular weight excluding hydrogens is 384 g/mol. The van der Waals surface area contributed by atoms with Crippen LogP contribution in [0.3, 0.4) is 0 Å². The molecule has 1 aromatic heterocycles. The van der Waals surface area contributed by atoms with Crippen molar-refractivity contribution in [3.05, 3.63) is 93.4 Å². The van der Waals surface area contributed by atoms with Gasteiger partial charge in [0.1, 0.15) is 16.6 Å². The molecule has 0 radical (unpaired) electrons. The lowest BCUT2D eigenvalue weighted by atomic mass is 10.1. The Hall–Kier alpha value is -4.02. The van der Waals surface area contributed by atoms with Crippen molar-refractivity contribution in [2.75, 3.05) is 5.32 Å². The standard InChI is InChI=1S/C22H14N4O2S/c23-12-17(13-24-20-7-3-5-15-4-1-2-6-19(15)20)22-25-21(14-29-22)16-8-10-18(11-9-16)26(27)28/h1-11,13-14,24H. The van der Waals surface area contributed by atoms with Crippen LogP contribution in [0.4, 0.5) is 11.4 Å². The molecule has 1 heterocycles. The summed E-state index contributed by atoms with van der Waals surface area (Å²) in [6.45, 7) is 0. The first-order chi connectivity index (χ1) is 14.2. The minimum Gasteiger partial charge on any atom is -0.360 e. The summed E-state index contributed by atoms with van der Waals surface area (Å²) < 4.78 is 0. The van der Waals surface area contributed by atoms with Crippen molar-refractivity contribution in [3.63, 3.8) is 0 Å². The second kappa shape index (κ2) is 7.92. The van der Waals surface area contributed by atoms with E-state index < -0.39 is 4.92 Å². The van der Waals surface area contributed by atoms with E-state index in [1.807, 2.05) is 47.8 Å². The number of fused-ring (bicyclic) bond motifs is 1. The number of nitrogens with one attached hydrogen (secondary N) is 1. The zero-order valence-corrected chi connectivity index (χ0v) is 15.9. The van der Waals surface area contributed by atoms with Crippen molar-refractivity contribution in [1.29, 1.82) is 5.26 Å². The number of hydrogen-bond acceptors (Lipinski definition) is 6. The van der Waals surface area contributed by atoms with Crippen LogP contribution in [0.2, 0.25) is 0 Å². The molecule has 0 amide bonds. The molecule has 29 heavy (non-hydrogen) atoms. The van der Waals surface area contributed by atoms with Crippen molar-refractivity contribution in [2.24, 2.45) is 0 Å². The maximum atomic E-state index is 10.8. The van der Waals surface area contributed by atoms with Gasteiger partial charge < -0.3 is 5.32 Å². The highest BCUT2D eigenvalue weighted by Gasteiger charge is 2.11. The Balaban J connectivity index is 1.60. The summed E-state index contributed by atoms with van der Waals surface area (Å²) in [6.07, 6.45) is 1.65. The van der Waals surface area contributed by atoms with Gasteiger partial charge in [0.2, 0.25) is 0 Å². The van der Waals surface area contributed by atoms with Gasteiger partial charge in [0, 0.05) is 40.3 Å². The number of nitro benzene ring substituents is 1. The van der Waals surface area contributed by atoms with E-state index in [-0.39, 0.29) is 5.69 Å². The van der Waals surface area contributed by atoms with Gasteiger partial charge >= 0.3 is 0 Å². The van der Waals surface area contributed by atoms with E-state index in [9.17, 15) is 15.4 Å². The molecule has 1 N–H and O–H groups in total. The van der Waals surface area contributed by atoms with E-state index in [0.29, 0.717) is 16.3 Å². The summed E-state index contributed by atoms with van der Waals surface area (Å²) in [5, 5.41) is 28.2. The molecule has 0 saturated carbocycles. The third-order valence-electron chi connectivity index (χ3n) is 4.39. The Bertz CT molecular complexity index is 1260.